The van der Waals surface area contributed by atoms with Crippen LogP contribution < -0.4 is 14.4 Å². The molecule has 130 valence electrons. The molecule has 1 N–H and O–H groups in total. The molecule has 0 unspecified atom stereocenters. The number of sulfonamides is 1. The molecule has 2 aromatic rings. The molecule has 7 nitrogen and oxygen atoms in total. The zero-order valence-corrected chi connectivity index (χ0v) is 14.2. The van der Waals surface area contributed by atoms with Crippen LogP contribution >= 0.6 is 0 Å². The van der Waals surface area contributed by atoms with E-state index >= 15 is 0 Å². The first-order valence-corrected chi connectivity index (χ1v) is 9.13. The number of methoxy groups -OCH3 is 1. The normalized spacial score (nSPS) is 15.9. The van der Waals surface area contributed by atoms with E-state index in [1.165, 1.54) is 25.3 Å². The lowest BCUT2D eigenvalue weighted by molar-refractivity contribution is -0.116. The molecule has 0 bridgehead atoms. The first-order chi connectivity index (χ1) is 11.9. The molecule has 1 heterocycles. The minimum absolute atomic E-state index is 0.0556. The van der Waals surface area contributed by atoms with Gasteiger partial charge in [-0.2, -0.15) is 0 Å². The van der Waals surface area contributed by atoms with Gasteiger partial charge in [-0.05, 0) is 30.3 Å². The summed E-state index contributed by atoms with van der Waals surface area (Å²) in [6.45, 7) is 0. The summed E-state index contributed by atoms with van der Waals surface area (Å²) in [7, 11) is -2.17. The largest absolute Gasteiger partial charge is 0.495 e. The van der Waals surface area contributed by atoms with Crippen LogP contribution in [0.4, 0.5) is 11.4 Å². The number of hydrogen-bond acceptors (Lipinski definition) is 5. The van der Waals surface area contributed by atoms with E-state index in [0.29, 0.717) is 11.4 Å². The van der Waals surface area contributed by atoms with Crippen LogP contribution in [0.25, 0.3) is 0 Å². The quantitative estimate of drug-likeness (QED) is 0.900. The van der Waals surface area contributed by atoms with Crippen molar-refractivity contribution in [1.29, 1.82) is 0 Å². The second-order valence-corrected chi connectivity index (χ2v) is 7.37. The molecule has 25 heavy (non-hydrogen) atoms. The van der Waals surface area contributed by atoms with E-state index < -0.39 is 21.8 Å². The highest BCUT2D eigenvalue weighted by Crippen LogP contribution is 2.27. The highest BCUT2D eigenvalue weighted by Gasteiger charge is 2.36. The fraction of sp³-hybridized carbons (Fsp3) is 0.176. The molecule has 3 rings (SSSR count). The molecule has 0 saturated carbocycles. The third kappa shape index (κ3) is 3.34. The molecule has 1 saturated heterocycles. The molecule has 1 fully saturated rings. The van der Waals surface area contributed by atoms with Crippen molar-refractivity contribution in [2.75, 3.05) is 22.5 Å². The van der Waals surface area contributed by atoms with E-state index in [9.17, 15) is 18.0 Å². The van der Waals surface area contributed by atoms with E-state index in [0.717, 1.165) is 4.31 Å². The van der Waals surface area contributed by atoms with Crippen molar-refractivity contribution in [2.24, 2.45) is 0 Å². The number of ether oxygens (including phenoxy) is 1. The van der Waals surface area contributed by atoms with Gasteiger partial charge in [-0.25, -0.2) is 12.7 Å². The highest BCUT2D eigenvalue weighted by atomic mass is 32.2. The van der Waals surface area contributed by atoms with Crippen molar-refractivity contribution < 1.29 is 22.7 Å². The zero-order chi connectivity index (χ0) is 18.0. The number of carbonyl (C=O) groups excluding carboxylic acids is 2. The van der Waals surface area contributed by atoms with Gasteiger partial charge in [-0.1, -0.05) is 18.2 Å². The summed E-state index contributed by atoms with van der Waals surface area (Å²) in [5.74, 6) is -0.647. The van der Waals surface area contributed by atoms with Crippen LogP contribution in [0.2, 0.25) is 0 Å². The third-order valence-corrected chi connectivity index (χ3v) is 5.47. The Kier molecular flexibility index (Phi) is 4.45. The average molecular weight is 360 g/mol. The Balaban J connectivity index is 1.89. The fourth-order valence-corrected chi connectivity index (χ4v) is 4.04. The number of rotatable bonds is 4. The van der Waals surface area contributed by atoms with Crippen LogP contribution in [0.1, 0.15) is 16.8 Å². The number of para-hydroxylation sites is 2. The van der Waals surface area contributed by atoms with Crippen molar-refractivity contribution >= 4 is 33.2 Å². The van der Waals surface area contributed by atoms with Gasteiger partial charge in [-0.3, -0.25) is 9.59 Å². The van der Waals surface area contributed by atoms with Crippen molar-refractivity contribution in [3.05, 3.63) is 54.1 Å². The smallest absolute Gasteiger partial charge is 0.255 e. The number of carbonyl (C=O) groups is 2. The maximum absolute atomic E-state index is 12.5. The van der Waals surface area contributed by atoms with Gasteiger partial charge in [0, 0.05) is 12.0 Å². The number of amides is 2. The van der Waals surface area contributed by atoms with Gasteiger partial charge >= 0.3 is 0 Å². The molecular weight excluding hydrogens is 344 g/mol. The lowest BCUT2D eigenvalue weighted by atomic mass is 10.1. The van der Waals surface area contributed by atoms with E-state index in [2.05, 4.69) is 5.32 Å². The fourth-order valence-electron chi connectivity index (χ4n) is 2.58. The third-order valence-electron chi connectivity index (χ3n) is 3.78. The van der Waals surface area contributed by atoms with Gasteiger partial charge in [0.05, 0.1) is 24.2 Å². The second kappa shape index (κ2) is 6.56. The van der Waals surface area contributed by atoms with Crippen molar-refractivity contribution in [3.63, 3.8) is 0 Å². The first kappa shape index (κ1) is 17.0. The molecule has 2 aromatic carbocycles. The second-order valence-electron chi connectivity index (χ2n) is 5.43. The van der Waals surface area contributed by atoms with Gasteiger partial charge in [0.15, 0.2) is 0 Å². The minimum Gasteiger partial charge on any atom is -0.495 e. The van der Waals surface area contributed by atoms with E-state index in [4.69, 9.17) is 4.74 Å². The highest BCUT2D eigenvalue weighted by molar-refractivity contribution is 7.94. The van der Waals surface area contributed by atoms with Crippen LogP contribution in [-0.2, 0) is 14.8 Å². The number of nitrogens with zero attached hydrogens (tertiary/aromatic N) is 1. The molecule has 1 aliphatic heterocycles. The van der Waals surface area contributed by atoms with E-state index in [1.807, 2.05) is 0 Å². The molecule has 0 aromatic heterocycles. The topological polar surface area (TPSA) is 92.8 Å². The summed E-state index contributed by atoms with van der Waals surface area (Å²) in [6, 6.07) is 12.9. The van der Waals surface area contributed by atoms with Crippen LogP contribution in [0.3, 0.4) is 0 Å². The number of hydrogen-bond donors (Lipinski definition) is 1. The maximum atomic E-state index is 12.5. The standard InChI is InChI=1S/C17H16N2O5S/c1-24-15-8-3-2-7-14(15)18-17(21)12-5-4-6-13(11-12)19-16(20)9-10-25(19,22)23/h2-8,11H,9-10H2,1H3,(H,18,21). The maximum Gasteiger partial charge on any atom is 0.255 e. The summed E-state index contributed by atoms with van der Waals surface area (Å²) < 4.78 is 30.0. The lowest BCUT2D eigenvalue weighted by Gasteiger charge is -2.16. The minimum atomic E-state index is -3.67. The predicted molar refractivity (Wildman–Crippen MR) is 93.3 cm³/mol. The van der Waals surface area contributed by atoms with E-state index in [1.54, 1.807) is 30.3 Å². The van der Waals surface area contributed by atoms with Gasteiger partial charge in [0.1, 0.15) is 5.75 Å². The van der Waals surface area contributed by atoms with Gasteiger partial charge in [-0.15, -0.1) is 0 Å². The van der Waals surface area contributed by atoms with Crippen LogP contribution in [-0.4, -0.2) is 33.1 Å². The molecule has 2 amide bonds. The first-order valence-electron chi connectivity index (χ1n) is 7.52. The molecule has 0 spiro atoms. The zero-order valence-electron chi connectivity index (χ0n) is 13.4. The molecule has 8 heteroatoms. The average Bonchev–Trinajstić information content (AvgIpc) is 2.88. The number of anilines is 2. The van der Waals surface area contributed by atoms with Crippen LogP contribution in [0.5, 0.6) is 5.75 Å². The molecule has 1 aliphatic rings. The Labute approximate surface area is 145 Å². The summed E-state index contributed by atoms with van der Waals surface area (Å²) >= 11 is 0. The molecule has 0 aliphatic carbocycles. The van der Waals surface area contributed by atoms with Crippen LogP contribution in [0.15, 0.2) is 48.5 Å². The van der Waals surface area contributed by atoms with Gasteiger partial charge in [0.25, 0.3) is 5.91 Å². The lowest BCUT2D eigenvalue weighted by Crippen LogP contribution is -2.29. The summed E-state index contributed by atoms with van der Waals surface area (Å²) in [5.41, 5.74) is 0.888. The van der Waals surface area contributed by atoms with Gasteiger partial charge < -0.3 is 10.1 Å². The van der Waals surface area contributed by atoms with Crippen molar-refractivity contribution in [3.8, 4) is 5.75 Å². The SMILES string of the molecule is COc1ccccc1NC(=O)c1cccc(N2C(=O)CCS2(=O)=O)c1. The Morgan fingerprint density at radius 1 is 1.16 bits per heavy atom. The Hall–Kier alpha value is -2.87. The summed E-state index contributed by atoms with van der Waals surface area (Å²) in [6.07, 6.45) is -0.0556. The Morgan fingerprint density at radius 3 is 2.60 bits per heavy atom. The molecule has 0 radical (unpaired) electrons. The molecular formula is C17H16N2O5S. The number of nitrogens with one attached hydrogen (secondary N) is 1. The number of benzene rings is 2. The Morgan fingerprint density at radius 2 is 1.92 bits per heavy atom. The predicted octanol–water partition coefficient (Wildman–Crippen LogP) is 2.01. The van der Waals surface area contributed by atoms with Gasteiger partial charge in [0.2, 0.25) is 15.9 Å². The summed E-state index contributed by atoms with van der Waals surface area (Å²) in [5, 5.41) is 2.71. The summed E-state index contributed by atoms with van der Waals surface area (Å²) in [4.78, 5) is 24.3. The van der Waals surface area contributed by atoms with Crippen LogP contribution in [0, 0.1) is 0 Å². The van der Waals surface area contributed by atoms with Crippen molar-refractivity contribution in [1.82, 2.24) is 0 Å². The monoisotopic (exact) mass is 360 g/mol. The molecule has 0 atom stereocenters. The Bertz CT molecular complexity index is 940. The van der Waals surface area contributed by atoms with E-state index in [-0.39, 0.29) is 23.4 Å². The van der Waals surface area contributed by atoms with Crippen molar-refractivity contribution in [2.45, 2.75) is 6.42 Å².